The third kappa shape index (κ3) is 7.19. The molecule has 4 aromatic rings. The van der Waals surface area contributed by atoms with Crippen molar-refractivity contribution in [1.82, 2.24) is 4.57 Å². The number of allylic oxidation sites excluding steroid dienone is 1. The highest BCUT2D eigenvalue weighted by Crippen LogP contribution is 2.38. The highest BCUT2D eigenvalue weighted by molar-refractivity contribution is 9.10. The summed E-state index contributed by atoms with van der Waals surface area (Å²) < 4.78 is 26.2. The normalized spacial score (nSPS) is 14.3. The number of aromatic nitrogens is 1. The van der Waals surface area contributed by atoms with Crippen molar-refractivity contribution in [2.75, 3.05) is 13.2 Å². The van der Waals surface area contributed by atoms with Crippen LogP contribution < -0.4 is 29.1 Å². The Morgan fingerprint density at radius 1 is 1.09 bits per heavy atom. The van der Waals surface area contributed by atoms with Crippen molar-refractivity contribution in [3.8, 4) is 23.3 Å². The van der Waals surface area contributed by atoms with Crippen LogP contribution in [0, 0.1) is 11.3 Å². The van der Waals surface area contributed by atoms with Crippen LogP contribution in [0.15, 0.2) is 86.2 Å². The average Bonchev–Trinajstić information content (AvgIpc) is 3.34. The van der Waals surface area contributed by atoms with Crippen molar-refractivity contribution in [2.24, 2.45) is 4.99 Å². The Bertz CT molecular complexity index is 2080. The lowest BCUT2D eigenvalue weighted by Crippen LogP contribution is -2.40. The van der Waals surface area contributed by atoms with Gasteiger partial charge in [0, 0.05) is 11.1 Å². The second kappa shape index (κ2) is 14.8. The Morgan fingerprint density at radius 3 is 2.55 bits per heavy atom. The number of ether oxygens (including phenoxy) is 4. The molecule has 242 valence electrons. The van der Waals surface area contributed by atoms with Crippen LogP contribution in [0.25, 0.3) is 6.08 Å². The number of para-hydroxylation sites is 1. The Balaban J connectivity index is 1.62. The van der Waals surface area contributed by atoms with Crippen LogP contribution in [0.3, 0.4) is 0 Å². The molecule has 0 fully saturated rings. The molecule has 1 aromatic heterocycles. The number of carbonyl (C=O) groups excluding carboxylic acids is 1. The van der Waals surface area contributed by atoms with E-state index >= 15 is 0 Å². The molecular formula is C36H34BrN3O6S. The van der Waals surface area contributed by atoms with Gasteiger partial charge in [0.2, 0.25) is 0 Å². The molecule has 1 atom stereocenters. The SMILES string of the molecule is CCOC(=O)C1=C(C)N=c2s/c(=C/c3cc(Br)c(OCc4ccccc4C#N)c(OCC)c3)c(=O)n2[C@@H]1c1ccccc1OC(C)C. The van der Waals surface area contributed by atoms with Gasteiger partial charge in [-0.15, -0.1) is 0 Å². The van der Waals surface area contributed by atoms with Crippen molar-refractivity contribution in [2.45, 2.75) is 53.4 Å². The van der Waals surface area contributed by atoms with E-state index in [0.29, 0.717) is 60.0 Å². The number of thiazole rings is 1. The Morgan fingerprint density at radius 2 is 1.83 bits per heavy atom. The fourth-order valence-corrected chi connectivity index (χ4v) is 6.91. The van der Waals surface area contributed by atoms with Gasteiger partial charge in [-0.1, -0.05) is 47.7 Å². The molecule has 47 heavy (non-hydrogen) atoms. The van der Waals surface area contributed by atoms with Crippen LogP contribution in [0.2, 0.25) is 0 Å². The van der Waals surface area contributed by atoms with Crippen LogP contribution in [-0.2, 0) is 16.1 Å². The smallest absolute Gasteiger partial charge is 0.338 e. The van der Waals surface area contributed by atoms with Crippen LogP contribution in [-0.4, -0.2) is 29.9 Å². The van der Waals surface area contributed by atoms with Gasteiger partial charge in [0.25, 0.3) is 5.56 Å². The van der Waals surface area contributed by atoms with Crippen LogP contribution in [0.5, 0.6) is 17.2 Å². The average molecular weight is 717 g/mol. The highest BCUT2D eigenvalue weighted by atomic mass is 79.9. The maximum atomic E-state index is 14.2. The van der Waals surface area contributed by atoms with Gasteiger partial charge in [0.15, 0.2) is 16.3 Å². The quantitative estimate of drug-likeness (QED) is 0.170. The van der Waals surface area contributed by atoms with Gasteiger partial charge in [0.05, 0.1) is 51.2 Å². The monoisotopic (exact) mass is 715 g/mol. The summed E-state index contributed by atoms with van der Waals surface area (Å²) in [5, 5.41) is 9.47. The minimum Gasteiger partial charge on any atom is -0.491 e. The molecule has 0 N–H and O–H groups in total. The summed E-state index contributed by atoms with van der Waals surface area (Å²) in [4.78, 5) is 32.7. The molecule has 9 nitrogen and oxygen atoms in total. The fourth-order valence-electron chi connectivity index (χ4n) is 5.28. The Kier molecular flexibility index (Phi) is 10.6. The zero-order valence-electron chi connectivity index (χ0n) is 26.7. The number of benzene rings is 3. The summed E-state index contributed by atoms with van der Waals surface area (Å²) >= 11 is 4.85. The number of esters is 1. The molecule has 0 saturated heterocycles. The first kappa shape index (κ1) is 33.7. The lowest BCUT2D eigenvalue weighted by Gasteiger charge is -2.26. The third-order valence-corrected chi connectivity index (χ3v) is 8.80. The first-order chi connectivity index (χ1) is 22.7. The fraction of sp³-hybridized carbons (Fsp3) is 0.278. The molecule has 11 heteroatoms. The number of carbonyl (C=O) groups is 1. The number of halogens is 1. The highest BCUT2D eigenvalue weighted by Gasteiger charge is 2.35. The summed E-state index contributed by atoms with van der Waals surface area (Å²) in [6.45, 7) is 9.95. The van der Waals surface area contributed by atoms with Gasteiger partial charge in [-0.25, -0.2) is 9.79 Å². The molecule has 0 radical (unpaired) electrons. The van der Waals surface area contributed by atoms with Crippen molar-refractivity contribution in [3.05, 3.63) is 118 Å². The Labute approximate surface area is 285 Å². The second-order valence-electron chi connectivity index (χ2n) is 10.8. The molecule has 3 aromatic carbocycles. The lowest BCUT2D eigenvalue weighted by molar-refractivity contribution is -0.139. The zero-order chi connectivity index (χ0) is 33.7. The van der Waals surface area contributed by atoms with E-state index in [4.69, 9.17) is 18.9 Å². The van der Waals surface area contributed by atoms with Gasteiger partial charge in [-0.05, 0) is 86.5 Å². The van der Waals surface area contributed by atoms with Crippen LogP contribution >= 0.6 is 27.3 Å². The first-order valence-corrected chi connectivity index (χ1v) is 16.8. The summed E-state index contributed by atoms with van der Waals surface area (Å²) in [5.74, 6) is 0.991. The molecular weight excluding hydrogens is 682 g/mol. The predicted molar refractivity (Wildman–Crippen MR) is 183 cm³/mol. The van der Waals surface area contributed by atoms with E-state index in [2.05, 4.69) is 27.0 Å². The van der Waals surface area contributed by atoms with Gasteiger partial charge in [-0.2, -0.15) is 5.26 Å². The summed E-state index contributed by atoms with van der Waals surface area (Å²) in [6.07, 6.45) is 1.64. The number of nitrogens with zero attached hydrogens (tertiary/aromatic N) is 3. The third-order valence-electron chi connectivity index (χ3n) is 7.23. The number of rotatable bonds is 11. The summed E-state index contributed by atoms with van der Waals surface area (Å²) in [6, 6.07) is 19.7. The largest absolute Gasteiger partial charge is 0.491 e. The van der Waals surface area contributed by atoms with E-state index in [1.165, 1.54) is 11.3 Å². The molecule has 0 amide bonds. The van der Waals surface area contributed by atoms with Crippen LogP contribution in [0.1, 0.15) is 62.9 Å². The van der Waals surface area contributed by atoms with Crippen molar-refractivity contribution < 1.29 is 23.7 Å². The maximum absolute atomic E-state index is 14.2. The van der Waals surface area contributed by atoms with E-state index in [9.17, 15) is 14.9 Å². The molecule has 0 aliphatic carbocycles. The van der Waals surface area contributed by atoms with E-state index in [0.717, 1.165) is 5.56 Å². The molecule has 5 rings (SSSR count). The zero-order valence-corrected chi connectivity index (χ0v) is 29.1. The number of fused-ring (bicyclic) bond motifs is 1. The lowest BCUT2D eigenvalue weighted by atomic mass is 9.95. The summed E-state index contributed by atoms with van der Waals surface area (Å²) in [7, 11) is 0. The Hall–Kier alpha value is -4.66. The van der Waals surface area contributed by atoms with Crippen molar-refractivity contribution in [3.63, 3.8) is 0 Å². The number of hydrogen-bond acceptors (Lipinski definition) is 9. The topological polar surface area (TPSA) is 112 Å². The molecule has 0 bridgehead atoms. The first-order valence-electron chi connectivity index (χ1n) is 15.2. The van der Waals surface area contributed by atoms with Gasteiger partial charge in [0.1, 0.15) is 18.4 Å². The van der Waals surface area contributed by atoms with Gasteiger partial charge in [-0.3, -0.25) is 9.36 Å². The van der Waals surface area contributed by atoms with Crippen LogP contribution in [0.4, 0.5) is 0 Å². The van der Waals surface area contributed by atoms with Gasteiger partial charge < -0.3 is 18.9 Å². The minimum atomic E-state index is -0.805. The van der Waals surface area contributed by atoms with E-state index < -0.39 is 12.0 Å². The number of hydrogen-bond donors (Lipinski definition) is 0. The maximum Gasteiger partial charge on any atom is 0.338 e. The standard InChI is InChI=1S/C36H34BrN3O6S/c1-6-43-29-17-23(16-27(37)33(29)45-20-25-13-9-8-12-24(25)19-38)18-30-34(41)40-32(26-14-10-11-15-28(26)46-21(3)4)31(35(42)44-7-2)22(5)39-36(40)47-30/h8-18,21,32H,6-7,20H2,1-5H3/b30-18+/t32-/m1/s1. The van der Waals surface area contributed by atoms with E-state index in [1.807, 2.05) is 69.3 Å². The van der Waals surface area contributed by atoms with Gasteiger partial charge >= 0.3 is 5.97 Å². The van der Waals surface area contributed by atoms with E-state index in [1.54, 1.807) is 36.6 Å². The molecule has 0 saturated carbocycles. The van der Waals surface area contributed by atoms with Crippen molar-refractivity contribution >= 4 is 39.3 Å². The number of nitriles is 1. The molecule has 2 heterocycles. The molecule has 1 aliphatic rings. The summed E-state index contributed by atoms with van der Waals surface area (Å²) in [5.41, 5.74) is 3.08. The van der Waals surface area contributed by atoms with E-state index in [-0.39, 0.29) is 30.5 Å². The second-order valence-corrected chi connectivity index (χ2v) is 12.7. The molecule has 1 aliphatic heterocycles. The van der Waals surface area contributed by atoms with Crippen molar-refractivity contribution in [1.29, 1.82) is 5.26 Å². The molecule has 0 spiro atoms. The molecule has 0 unspecified atom stereocenters. The minimum absolute atomic E-state index is 0.130. The predicted octanol–water partition coefficient (Wildman–Crippen LogP) is 6.20.